The summed E-state index contributed by atoms with van der Waals surface area (Å²) in [7, 11) is 0. The minimum Gasteiger partial charge on any atom is -0.394 e. The number of para-hydroxylation sites is 1. The van der Waals surface area contributed by atoms with E-state index in [9.17, 15) is 102 Å². The molecule has 45 nitrogen and oxygen atoms in total. The Hall–Kier alpha value is -11.1. The number of benzene rings is 1. The highest BCUT2D eigenvalue weighted by Gasteiger charge is 2.41. The number of carbonyl (C=O) groups excluding carboxylic acids is 18. The van der Waals surface area contributed by atoms with Crippen LogP contribution >= 0.6 is 0 Å². The zero-order chi connectivity index (χ0) is 104. The molecule has 0 saturated heterocycles. The molecule has 18 amide bonds. The van der Waals surface area contributed by atoms with Gasteiger partial charge in [-0.1, -0.05) is 122 Å². The molecule has 33 N–H and O–H groups in total. The molecule has 0 fully saturated rings. The third-order valence-electron chi connectivity index (χ3n) is 23.1. The van der Waals surface area contributed by atoms with Crippen LogP contribution in [0.15, 0.2) is 30.5 Å². The average molecular weight is 1950 g/mol. The molecule has 2 aromatic rings. The number of aliphatic hydroxyl groups is 3. The maximum atomic E-state index is 14.6. The van der Waals surface area contributed by atoms with Crippen LogP contribution in [-0.4, -0.2) is 281 Å². The Bertz CT molecular complexity index is 4240. The van der Waals surface area contributed by atoms with E-state index in [0.717, 1.165) is 17.8 Å². The zero-order valence-electron chi connectivity index (χ0n) is 83.7. The highest BCUT2D eigenvalue weighted by molar-refractivity contribution is 6.02. The van der Waals surface area contributed by atoms with Crippen LogP contribution in [0.1, 0.15) is 232 Å². The smallest absolute Gasteiger partial charge is 0.245 e. The Kier molecular flexibility index (Phi) is 57.2. The summed E-state index contributed by atoms with van der Waals surface area (Å²) in [6.07, 6.45) is 3.09. The van der Waals surface area contributed by atoms with Crippen LogP contribution in [0, 0.1) is 41.4 Å². The molecule has 0 aliphatic rings. The lowest BCUT2D eigenvalue weighted by Gasteiger charge is -2.29. The predicted octanol–water partition coefficient (Wildman–Crippen LogP) is -4.14. The van der Waals surface area contributed by atoms with Crippen LogP contribution in [0.3, 0.4) is 0 Å². The number of fused-ring (bicyclic) bond motifs is 1. The third kappa shape index (κ3) is 44.4. The van der Waals surface area contributed by atoms with Gasteiger partial charge in [-0.15, -0.1) is 0 Å². The number of nitrogens with one attached hydrogen (secondary N) is 18. The summed E-state index contributed by atoms with van der Waals surface area (Å²) in [5.74, 6) is -17.9. The van der Waals surface area contributed by atoms with Gasteiger partial charge in [-0.25, -0.2) is 0 Å². The van der Waals surface area contributed by atoms with E-state index in [-0.39, 0.29) is 127 Å². The maximum Gasteiger partial charge on any atom is 0.245 e. The molecule has 0 spiro atoms. The summed E-state index contributed by atoms with van der Waals surface area (Å²) in [6.45, 7) is 26.5. The largest absolute Gasteiger partial charge is 0.394 e. The summed E-state index contributed by atoms with van der Waals surface area (Å²) >= 11 is 0. The van der Waals surface area contributed by atoms with E-state index >= 15 is 0 Å². The van der Waals surface area contributed by atoms with E-state index in [2.05, 4.69) is 95.4 Å². The number of aromatic nitrogens is 1. The summed E-state index contributed by atoms with van der Waals surface area (Å²) < 4.78 is 0. The van der Waals surface area contributed by atoms with E-state index in [1.54, 1.807) is 114 Å². The second-order valence-corrected chi connectivity index (χ2v) is 38.0. The summed E-state index contributed by atoms with van der Waals surface area (Å²) in [5, 5.41) is 76.3. The van der Waals surface area contributed by atoms with Gasteiger partial charge in [0.1, 0.15) is 103 Å². The molecular formula is C93H164N24O21. The monoisotopic (exact) mass is 1950 g/mol. The summed E-state index contributed by atoms with van der Waals surface area (Å²) in [6, 6.07) is -16.3. The van der Waals surface area contributed by atoms with Crippen LogP contribution in [0.5, 0.6) is 0 Å². The van der Waals surface area contributed by atoms with Gasteiger partial charge in [-0.05, 0) is 203 Å². The molecule has 0 saturated carbocycles. The molecule has 0 bridgehead atoms. The molecule has 0 unspecified atom stereocenters. The molecular weight excluding hydrogens is 1790 g/mol. The van der Waals surface area contributed by atoms with Gasteiger partial charge in [0, 0.05) is 23.5 Å². The molecule has 0 aliphatic carbocycles. The molecule has 2 rings (SSSR count). The van der Waals surface area contributed by atoms with Gasteiger partial charge in [0.2, 0.25) is 106 Å². The fourth-order valence-electron chi connectivity index (χ4n) is 14.8. The first-order valence-electron chi connectivity index (χ1n) is 48.4. The number of aliphatic hydroxyl groups excluding tert-OH is 3. The quantitative estimate of drug-likeness (QED) is 0.0280. The Balaban J connectivity index is 2.34. The molecule has 1 heterocycles. The number of amides is 18. The normalized spacial score (nSPS) is 15.7. The standard InChI is InChI=1S/C93H164N24O21/c1-18-54(14)75(90(135)101-45-72(121)102-55(15)79(124)114-73(52(10)11)92(137)112-68(41-50(6)7)85(130)106-64(33-23-27-37-96)83(128)115-74(53(12)13)91(136)108-66(77(99)122)39-48(2)3)116-88(133)69(42-51(8)9)110-82(127)63(32-22-26-36-95)105-81(126)62(31-21-25-35-94)104-78(123)56(16)103-93(138)76(57(17)120)117-84(129)65(34-24-28-38-97)107-89(134)71(47-119)113-86(131)67(40-49(4)5)111-87(132)70(109-80(125)60(98)46-118)43-58-44-100-61-30-20-19-29-59(58)61/h19-20,29-30,44,48-57,60,62-71,73-76,100,118-120H,18,21-28,31-43,45-47,94-98H2,1-17H3,(H2,99,122)(H,101,135)(H,102,121)(H,103,138)(H,104,123)(H,105,126)(H,106,130)(H,107,134)(H,108,136)(H,109,125)(H,110,127)(H,111,132)(H,112,137)(H,113,131)(H,114,124)(H,115,128)(H,116,133)(H,117,129)/t54-,55-,56-,57+,60-,62-,63-,64-,65-,66-,67-,68-,69-,70-,71-,73-,74-,75-,76-/m0/s1. The van der Waals surface area contributed by atoms with Gasteiger partial charge in [0.25, 0.3) is 0 Å². The van der Waals surface area contributed by atoms with Crippen molar-refractivity contribution in [2.45, 2.75) is 342 Å². The van der Waals surface area contributed by atoms with Gasteiger partial charge < -0.3 is 145 Å². The Morgan fingerprint density at radius 1 is 0.341 bits per heavy atom. The third-order valence-corrected chi connectivity index (χ3v) is 23.1. The van der Waals surface area contributed by atoms with Crippen LogP contribution < -0.4 is 125 Å². The number of rotatable bonds is 68. The lowest BCUT2D eigenvalue weighted by molar-refractivity contribution is -0.137. The van der Waals surface area contributed by atoms with E-state index in [1.165, 1.54) is 13.8 Å². The van der Waals surface area contributed by atoms with E-state index < -0.39 is 253 Å². The number of aromatic amines is 1. The minimum absolute atomic E-state index is 0.00289. The average Bonchev–Trinajstić information content (AvgIpc) is 1.67. The van der Waals surface area contributed by atoms with Crippen molar-refractivity contribution >= 4 is 117 Å². The molecule has 19 atom stereocenters. The lowest BCUT2D eigenvalue weighted by Crippen LogP contribution is -2.62. The van der Waals surface area contributed by atoms with Gasteiger partial charge in [-0.3, -0.25) is 86.3 Å². The lowest BCUT2D eigenvalue weighted by atomic mass is 9.96. The summed E-state index contributed by atoms with van der Waals surface area (Å²) in [4.78, 5) is 255. The van der Waals surface area contributed by atoms with Gasteiger partial charge in [0.05, 0.1) is 25.9 Å². The first-order valence-corrected chi connectivity index (χ1v) is 48.4. The maximum absolute atomic E-state index is 14.6. The zero-order valence-corrected chi connectivity index (χ0v) is 83.7. The minimum atomic E-state index is -1.83. The van der Waals surface area contributed by atoms with Crippen LogP contribution in [0.2, 0.25) is 0 Å². The van der Waals surface area contributed by atoms with Gasteiger partial charge in [0.15, 0.2) is 0 Å². The molecule has 782 valence electrons. The van der Waals surface area contributed by atoms with Crippen LogP contribution in [-0.2, 0) is 92.7 Å². The van der Waals surface area contributed by atoms with Crippen molar-refractivity contribution in [1.82, 2.24) is 95.4 Å². The number of hydrogen-bond acceptors (Lipinski definition) is 26. The first kappa shape index (κ1) is 123. The molecule has 0 aliphatic heterocycles. The molecule has 0 radical (unpaired) electrons. The van der Waals surface area contributed by atoms with Crippen molar-refractivity contribution < 1.29 is 102 Å². The van der Waals surface area contributed by atoms with E-state index in [4.69, 9.17) is 34.4 Å². The van der Waals surface area contributed by atoms with E-state index in [1.807, 2.05) is 13.8 Å². The predicted molar refractivity (Wildman–Crippen MR) is 519 cm³/mol. The Morgan fingerprint density at radius 2 is 0.659 bits per heavy atom. The van der Waals surface area contributed by atoms with Gasteiger partial charge >= 0.3 is 0 Å². The second kappa shape index (κ2) is 64.2. The number of H-pyrrole nitrogens is 1. The molecule has 1 aromatic carbocycles. The van der Waals surface area contributed by atoms with Crippen molar-refractivity contribution in [1.29, 1.82) is 0 Å². The number of nitrogens with two attached hydrogens (primary N) is 6. The number of hydrogen-bond donors (Lipinski definition) is 27. The molecule has 45 heteroatoms. The van der Waals surface area contributed by atoms with Crippen molar-refractivity contribution in [3.05, 3.63) is 36.0 Å². The van der Waals surface area contributed by atoms with Crippen molar-refractivity contribution in [2.75, 3.05) is 45.9 Å². The SMILES string of the molecule is CC[C@H](C)[C@H](NC(=O)[C@H](CC(C)C)NC(=O)[C@H](CCCCN)NC(=O)[C@H](CCCCN)NC(=O)[C@H](C)NC(=O)[C@@H](NC(=O)[C@H](CCCCN)NC(=O)[C@H](CO)NC(=O)[C@H](CC(C)C)NC(=O)[C@H](Cc1c[nH]c2ccccc12)NC(=O)[C@@H](N)CO)[C@@H](C)O)C(=O)NCC(=O)N[C@@H](C)C(=O)N[C@H](C(=O)N[C@@H](CC(C)C)C(=O)N[C@@H](CCCCN)C(=O)N[C@H](C(=O)N[C@@H](CC(C)C)C(N)=O)C(C)C)C(C)C. The topological polar surface area (TPSA) is 744 Å². The first-order chi connectivity index (χ1) is 64.9. The molecule has 1 aromatic heterocycles. The fraction of sp³-hybridized carbons (Fsp3) is 0.720. The van der Waals surface area contributed by atoms with Crippen LogP contribution in [0.4, 0.5) is 0 Å². The number of carbonyl (C=O) groups is 18. The highest BCUT2D eigenvalue weighted by Crippen LogP contribution is 2.22. The van der Waals surface area contributed by atoms with Crippen molar-refractivity contribution in [3.8, 4) is 0 Å². The Labute approximate surface area is 810 Å². The Morgan fingerprint density at radius 3 is 1.06 bits per heavy atom. The van der Waals surface area contributed by atoms with E-state index in [0.29, 0.717) is 44.1 Å². The highest BCUT2D eigenvalue weighted by atomic mass is 16.3. The van der Waals surface area contributed by atoms with Gasteiger partial charge in [-0.2, -0.15) is 0 Å². The number of primary amides is 1. The number of unbranched alkanes of at least 4 members (excludes halogenated alkanes) is 4. The second-order valence-electron chi connectivity index (χ2n) is 38.0. The molecule has 138 heavy (non-hydrogen) atoms. The summed E-state index contributed by atoms with van der Waals surface area (Å²) in [5.41, 5.74) is 36.0. The fourth-order valence-corrected chi connectivity index (χ4v) is 14.8. The van der Waals surface area contributed by atoms with Crippen molar-refractivity contribution in [3.63, 3.8) is 0 Å². The van der Waals surface area contributed by atoms with Crippen LogP contribution in [0.25, 0.3) is 10.9 Å². The van der Waals surface area contributed by atoms with Crippen molar-refractivity contribution in [2.24, 2.45) is 75.8 Å².